The van der Waals surface area contributed by atoms with Crippen LogP contribution in [0.5, 0.6) is 11.5 Å². The molecule has 1 N–H and O–H groups in total. The number of ether oxygens (including phenoxy) is 1. The van der Waals surface area contributed by atoms with Gasteiger partial charge in [-0.25, -0.2) is 4.39 Å². The first-order valence-corrected chi connectivity index (χ1v) is 10.1. The Morgan fingerprint density at radius 3 is 2.44 bits per heavy atom. The SMILES string of the molecule is CCOc1ccc(N2C(=O)c3oc4ccc(F)cc4c(=O)c3C2c2ccc(O)cc2)cc1. The molecule has 0 aliphatic carbocycles. The minimum Gasteiger partial charge on any atom is -0.508 e. The van der Waals surface area contributed by atoms with Gasteiger partial charge in [0.2, 0.25) is 5.76 Å². The van der Waals surface area contributed by atoms with Crippen molar-refractivity contribution in [2.75, 3.05) is 11.5 Å². The molecule has 0 fully saturated rings. The van der Waals surface area contributed by atoms with Gasteiger partial charge in [-0.1, -0.05) is 12.1 Å². The van der Waals surface area contributed by atoms with E-state index in [1.54, 1.807) is 36.4 Å². The Bertz CT molecular complexity index is 1390. The Morgan fingerprint density at radius 1 is 1.03 bits per heavy atom. The number of nitrogens with zero attached hydrogens (tertiary/aromatic N) is 1. The number of hydrogen-bond acceptors (Lipinski definition) is 5. The van der Waals surface area contributed by atoms with Gasteiger partial charge in [-0.2, -0.15) is 0 Å². The second-order valence-corrected chi connectivity index (χ2v) is 7.41. The Kier molecular flexibility index (Phi) is 4.66. The zero-order valence-electron chi connectivity index (χ0n) is 17.0. The number of fused-ring (bicyclic) bond motifs is 2. The molecule has 0 bridgehead atoms. The molecule has 6 nitrogen and oxygen atoms in total. The number of aromatic hydroxyl groups is 1. The highest BCUT2D eigenvalue weighted by molar-refractivity contribution is 6.10. The maximum atomic E-state index is 13.9. The van der Waals surface area contributed by atoms with E-state index in [2.05, 4.69) is 0 Å². The first-order chi connectivity index (χ1) is 15.5. The van der Waals surface area contributed by atoms with Gasteiger partial charge in [-0.05, 0) is 67.1 Å². The van der Waals surface area contributed by atoms with Crippen LogP contribution in [0, 0.1) is 5.82 Å². The standard InChI is InChI=1S/C25H18FNO5/c1-2-31-18-10-6-16(7-11-18)27-22(14-3-8-17(28)9-4-14)21-23(29)19-13-15(26)5-12-20(19)32-24(21)25(27)30/h3-13,22,28H,2H2,1H3. The molecular weight excluding hydrogens is 413 g/mol. The average molecular weight is 431 g/mol. The predicted molar refractivity (Wildman–Crippen MR) is 117 cm³/mol. The van der Waals surface area contributed by atoms with Crippen LogP contribution in [-0.2, 0) is 0 Å². The van der Waals surface area contributed by atoms with Crippen molar-refractivity contribution in [1.29, 1.82) is 0 Å². The molecule has 7 heteroatoms. The Morgan fingerprint density at radius 2 is 1.75 bits per heavy atom. The first kappa shape index (κ1) is 19.8. The summed E-state index contributed by atoms with van der Waals surface area (Å²) in [6.07, 6.45) is 0. The molecule has 0 saturated heterocycles. The predicted octanol–water partition coefficient (Wildman–Crippen LogP) is 4.79. The summed E-state index contributed by atoms with van der Waals surface area (Å²) in [4.78, 5) is 28.3. The third kappa shape index (κ3) is 3.10. The van der Waals surface area contributed by atoms with Crippen molar-refractivity contribution >= 4 is 22.6 Å². The third-order valence-electron chi connectivity index (χ3n) is 5.47. The van der Waals surface area contributed by atoms with Crippen LogP contribution in [-0.4, -0.2) is 17.6 Å². The fourth-order valence-electron chi connectivity index (χ4n) is 4.05. The summed E-state index contributed by atoms with van der Waals surface area (Å²) in [7, 11) is 0. The summed E-state index contributed by atoms with van der Waals surface area (Å²) in [5.41, 5.74) is 0.944. The van der Waals surface area contributed by atoms with Crippen molar-refractivity contribution in [2.24, 2.45) is 0 Å². The molecule has 0 spiro atoms. The Balaban J connectivity index is 1.75. The number of anilines is 1. The van der Waals surface area contributed by atoms with E-state index in [-0.39, 0.29) is 28.0 Å². The van der Waals surface area contributed by atoms with Crippen LogP contribution in [0.15, 0.2) is 75.9 Å². The van der Waals surface area contributed by atoms with Gasteiger partial charge in [-0.15, -0.1) is 0 Å². The van der Waals surface area contributed by atoms with E-state index in [9.17, 15) is 19.1 Å². The average Bonchev–Trinajstić information content (AvgIpc) is 3.08. The molecule has 1 unspecified atom stereocenters. The van der Waals surface area contributed by atoms with E-state index >= 15 is 0 Å². The number of phenols is 1. The van der Waals surface area contributed by atoms with Gasteiger partial charge in [-0.3, -0.25) is 14.5 Å². The van der Waals surface area contributed by atoms with E-state index in [0.29, 0.717) is 23.6 Å². The molecule has 1 amide bonds. The molecule has 1 aromatic heterocycles. The van der Waals surface area contributed by atoms with Crippen LogP contribution in [0.25, 0.3) is 11.0 Å². The molecule has 2 heterocycles. The number of rotatable bonds is 4. The van der Waals surface area contributed by atoms with E-state index in [0.717, 1.165) is 6.07 Å². The zero-order chi connectivity index (χ0) is 22.4. The summed E-state index contributed by atoms with van der Waals surface area (Å²) >= 11 is 0. The Hall–Kier alpha value is -4.13. The molecule has 0 radical (unpaired) electrons. The number of carbonyl (C=O) groups excluding carboxylic acids is 1. The van der Waals surface area contributed by atoms with Crippen molar-refractivity contribution in [3.63, 3.8) is 0 Å². The first-order valence-electron chi connectivity index (χ1n) is 10.1. The summed E-state index contributed by atoms with van der Waals surface area (Å²) < 4.78 is 25.1. The van der Waals surface area contributed by atoms with Gasteiger partial charge in [0.05, 0.1) is 23.6 Å². The van der Waals surface area contributed by atoms with Crippen molar-refractivity contribution in [3.05, 3.63) is 99.7 Å². The van der Waals surface area contributed by atoms with E-state index < -0.39 is 23.2 Å². The van der Waals surface area contributed by atoms with Gasteiger partial charge in [0, 0.05) is 5.69 Å². The van der Waals surface area contributed by atoms with Crippen molar-refractivity contribution in [3.8, 4) is 11.5 Å². The lowest BCUT2D eigenvalue weighted by Crippen LogP contribution is -2.29. The van der Waals surface area contributed by atoms with Crippen LogP contribution < -0.4 is 15.1 Å². The van der Waals surface area contributed by atoms with Crippen molar-refractivity contribution in [2.45, 2.75) is 13.0 Å². The molecule has 1 aliphatic rings. The minimum absolute atomic E-state index is 0.0542. The van der Waals surface area contributed by atoms with Crippen LogP contribution in [0.2, 0.25) is 0 Å². The monoisotopic (exact) mass is 431 g/mol. The smallest absolute Gasteiger partial charge is 0.295 e. The molecule has 1 atom stereocenters. The minimum atomic E-state index is -0.806. The number of benzene rings is 3. The molecule has 1 aliphatic heterocycles. The molecule has 3 aromatic carbocycles. The van der Waals surface area contributed by atoms with Crippen molar-refractivity contribution < 1.29 is 23.4 Å². The number of amides is 1. The Labute approximate surface area is 182 Å². The fraction of sp³-hybridized carbons (Fsp3) is 0.120. The number of phenolic OH excluding ortho intramolecular Hbond substituents is 1. The largest absolute Gasteiger partial charge is 0.508 e. The summed E-state index contributed by atoms with van der Waals surface area (Å²) in [5, 5.41) is 9.78. The fourth-order valence-corrected chi connectivity index (χ4v) is 4.05. The molecule has 4 aromatic rings. The number of carbonyl (C=O) groups is 1. The van der Waals surface area contributed by atoms with Gasteiger partial charge in [0.1, 0.15) is 22.9 Å². The maximum Gasteiger partial charge on any atom is 0.295 e. The zero-order valence-corrected chi connectivity index (χ0v) is 17.0. The van der Waals surface area contributed by atoms with Crippen LogP contribution in [0.3, 0.4) is 0 Å². The van der Waals surface area contributed by atoms with E-state index in [1.165, 1.54) is 29.2 Å². The van der Waals surface area contributed by atoms with E-state index in [1.807, 2.05) is 6.92 Å². The maximum absolute atomic E-state index is 13.9. The van der Waals surface area contributed by atoms with Crippen molar-refractivity contribution in [1.82, 2.24) is 0 Å². The summed E-state index contributed by atoms with van der Waals surface area (Å²) in [6.45, 7) is 2.38. The quantitative estimate of drug-likeness (QED) is 0.503. The molecule has 160 valence electrons. The van der Waals surface area contributed by atoms with Crippen LogP contribution in [0.1, 0.15) is 34.6 Å². The highest BCUT2D eigenvalue weighted by Gasteiger charge is 2.43. The normalized spacial score (nSPS) is 15.2. The molecule has 32 heavy (non-hydrogen) atoms. The summed E-state index contributed by atoms with van der Waals surface area (Å²) in [5.74, 6) is -0.430. The van der Waals surface area contributed by atoms with Crippen LogP contribution in [0.4, 0.5) is 10.1 Å². The lowest BCUT2D eigenvalue weighted by atomic mass is 9.98. The van der Waals surface area contributed by atoms with Gasteiger partial charge in [0.25, 0.3) is 5.91 Å². The molecule has 0 saturated carbocycles. The number of hydrogen-bond donors (Lipinski definition) is 1. The highest BCUT2D eigenvalue weighted by atomic mass is 19.1. The molecular formula is C25H18FNO5. The third-order valence-corrected chi connectivity index (χ3v) is 5.47. The highest BCUT2D eigenvalue weighted by Crippen LogP contribution is 2.41. The second kappa shape index (κ2) is 7.53. The number of halogens is 1. The van der Waals surface area contributed by atoms with Gasteiger partial charge in [0.15, 0.2) is 5.43 Å². The lowest BCUT2D eigenvalue weighted by Gasteiger charge is -2.25. The lowest BCUT2D eigenvalue weighted by molar-refractivity contribution is 0.0971. The van der Waals surface area contributed by atoms with Gasteiger partial charge >= 0.3 is 0 Å². The van der Waals surface area contributed by atoms with Crippen LogP contribution >= 0.6 is 0 Å². The topological polar surface area (TPSA) is 80.0 Å². The molecule has 5 rings (SSSR count). The second-order valence-electron chi connectivity index (χ2n) is 7.41. The van der Waals surface area contributed by atoms with Gasteiger partial charge < -0.3 is 14.3 Å². The van der Waals surface area contributed by atoms with E-state index in [4.69, 9.17) is 9.15 Å². The summed E-state index contributed by atoms with van der Waals surface area (Å²) in [6, 6.07) is 16.0.